The molecule has 0 aromatic rings. The number of hydrogen-bond acceptors (Lipinski definition) is 3. The van der Waals surface area contributed by atoms with E-state index in [2.05, 4.69) is 18.8 Å². The molecule has 1 heterocycles. The lowest BCUT2D eigenvalue weighted by Gasteiger charge is -2.33. The summed E-state index contributed by atoms with van der Waals surface area (Å²) in [5.41, 5.74) is -0.350. The van der Waals surface area contributed by atoms with Crippen molar-refractivity contribution in [2.45, 2.75) is 31.7 Å². The summed E-state index contributed by atoms with van der Waals surface area (Å²) in [6, 6.07) is 0. The third-order valence-corrected chi connectivity index (χ3v) is 3.46. The first-order chi connectivity index (χ1) is 8.20. The van der Waals surface area contributed by atoms with Crippen molar-refractivity contribution < 1.29 is 9.53 Å². The zero-order valence-corrected chi connectivity index (χ0v) is 11.0. The van der Waals surface area contributed by atoms with Gasteiger partial charge in [-0.15, -0.1) is 6.58 Å². The van der Waals surface area contributed by atoms with Gasteiger partial charge < -0.3 is 15.0 Å². The number of ether oxygens (including phenoxy) is 1. The first-order valence-electron chi connectivity index (χ1n) is 6.34. The number of amides is 1. The first kappa shape index (κ1) is 14.2. The van der Waals surface area contributed by atoms with Crippen LogP contribution in [0, 0.1) is 0 Å². The molecule has 0 bridgehead atoms. The van der Waals surface area contributed by atoms with E-state index in [9.17, 15) is 4.79 Å². The molecular formula is C13H24N2O2. The van der Waals surface area contributed by atoms with Crippen molar-refractivity contribution in [3.63, 3.8) is 0 Å². The highest BCUT2D eigenvalue weighted by molar-refractivity contribution is 5.86. The number of rotatable bonds is 7. The Morgan fingerprint density at radius 2 is 2.41 bits per heavy atom. The zero-order valence-electron chi connectivity index (χ0n) is 11.0. The summed E-state index contributed by atoms with van der Waals surface area (Å²) in [7, 11) is 1.65. The molecule has 0 aromatic heterocycles. The lowest BCUT2D eigenvalue weighted by molar-refractivity contribution is -0.138. The number of carbonyl (C=O) groups is 1. The Morgan fingerprint density at radius 3 is 2.88 bits per heavy atom. The molecule has 1 fully saturated rings. The van der Waals surface area contributed by atoms with Crippen LogP contribution in [0.1, 0.15) is 26.2 Å². The molecule has 1 atom stereocenters. The second kappa shape index (κ2) is 6.77. The van der Waals surface area contributed by atoms with Gasteiger partial charge in [-0.05, 0) is 25.8 Å². The lowest BCUT2D eigenvalue weighted by atomic mass is 9.92. The van der Waals surface area contributed by atoms with Gasteiger partial charge >= 0.3 is 0 Å². The van der Waals surface area contributed by atoms with Crippen molar-refractivity contribution >= 4 is 5.91 Å². The molecule has 1 rings (SSSR count). The van der Waals surface area contributed by atoms with Crippen LogP contribution in [0.2, 0.25) is 0 Å². The molecule has 0 aromatic carbocycles. The summed E-state index contributed by atoms with van der Waals surface area (Å²) in [4.78, 5) is 14.4. The van der Waals surface area contributed by atoms with E-state index in [0.29, 0.717) is 19.7 Å². The van der Waals surface area contributed by atoms with Gasteiger partial charge in [-0.1, -0.05) is 13.0 Å². The maximum atomic E-state index is 12.6. The third kappa shape index (κ3) is 3.30. The molecule has 0 spiro atoms. The molecular weight excluding hydrogens is 216 g/mol. The smallest absolute Gasteiger partial charge is 0.243 e. The second-order valence-electron chi connectivity index (χ2n) is 4.50. The molecule has 1 N–H and O–H groups in total. The van der Waals surface area contributed by atoms with Gasteiger partial charge in [0.2, 0.25) is 5.91 Å². The van der Waals surface area contributed by atoms with Crippen LogP contribution in [-0.4, -0.2) is 49.7 Å². The fourth-order valence-corrected chi connectivity index (χ4v) is 2.38. The molecule has 1 saturated heterocycles. The van der Waals surface area contributed by atoms with Crippen molar-refractivity contribution in [3.8, 4) is 0 Å². The van der Waals surface area contributed by atoms with Crippen LogP contribution in [0.3, 0.4) is 0 Å². The van der Waals surface area contributed by atoms with Crippen molar-refractivity contribution in [1.82, 2.24) is 10.2 Å². The number of carbonyl (C=O) groups excluding carboxylic acids is 1. The molecule has 4 heteroatoms. The highest BCUT2D eigenvalue weighted by Gasteiger charge is 2.41. The van der Waals surface area contributed by atoms with Gasteiger partial charge in [-0.2, -0.15) is 0 Å². The fraction of sp³-hybridized carbons (Fsp3) is 0.769. The Kier molecular flexibility index (Phi) is 5.65. The third-order valence-electron chi connectivity index (χ3n) is 3.46. The summed E-state index contributed by atoms with van der Waals surface area (Å²) in [5.74, 6) is 0.189. The highest BCUT2D eigenvalue weighted by atomic mass is 16.5. The average molecular weight is 240 g/mol. The minimum Gasteiger partial charge on any atom is -0.383 e. The first-order valence-corrected chi connectivity index (χ1v) is 6.34. The Hall–Kier alpha value is -0.870. The van der Waals surface area contributed by atoms with Gasteiger partial charge in [0, 0.05) is 20.2 Å². The van der Waals surface area contributed by atoms with Crippen molar-refractivity contribution in [1.29, 1.82) is 0 Å². The van der Waals surface area contributed by atoms with Gasteiger partial charge in [0.25, 0.3) is 0 Å². The molecule has 1 aliphatic rings. The van der Waals surface area contributed by atoms with E-state index in [1.165, 1.54) is 0 Å². The molecule has 17 heavy (non-hydrogen) atoms. The minimum absolute atomic E-state index is 0.189. The molecule has 1 aliphatic heterocycles. The summed E-state index contributed by atoms with van der Waals surface area (Å²) in [6.07, 6.45) is 4.62. The second-order valence-corrected chi connectivity index (χ2v) is 4.50. The van der Waals surface area contributed by atoms with E-state index in [1.54, 1.807) is 13.2 Å². The Labute approximate surface area is 104 Å². The van der Waals surface area contributed by atoms with E-state index in [4.69, 9.17) is 4.74 Å². The highest BCUT2D eigenvalue weighted by Crippen LogP contribution is 2.25. The average Bonchev–Trinajstić information content (AvgIpc) is 2.83. The number of nitrogens with zero attached hydrogens (tertiary/aromatic N) is 1. The minimum atomic E-state index is -0.350. The van der Waals surface area contributed by atoms with Gasteiger partial charge in [0.1, 0.15) is 0 Å². The largest absolute Gasteiger partial charge is 0.383 e. The van der Waals surface area contributed by atoms with Crippen molar-refractivity contribution in [3.05, 3.63) is 12.7 Å². The van der Waals surface area contributed by atoms with Crippen LogP contribution < -0.4 is 5.32 Å². The number of methoxy groups -OCH3 is 1. The maximum absolute atomic E-state index is 12.6. The van der Waals surface area contributed by atoms with E-state index in [0.717, 1.165) is 25.8 Å². The van der Waals surface area contributed by atoms with Crippen LogP contribution in [0.25, 0.3) is 0 Å². The van der Waals surface area contributed by atoms with Gasteiger partial charge in [0.05, 0.1) is 12.1 Å². The van der Waals surface area contributed by atoms with Crippen LogP contribution >= 0.6 is 0 Å². The van der Waals surface area contributed by atoms with E-state index in [-0.39, 0.29) is 11.4 Å². The molecule has 4 nitrogen and oxygen atoms in total. The Balaban J connectivity index is 2.70. The normalized spacial score (nSPS) is 23.6. The summed E-state index contributed by atoms with van der Waals surface area (Å²) < 4.78 is 5.05. The quantitative estimate of drug-likeness (QED) is 0.679. The van der Waals surface area contributed by atoms with Crippen molar-refractivity contribution in [2.24, 2.45) is 0 Å². The van der Waals surface area contributed by atoms with Crippen LogP contribution in [0.5, 0.6) is 0 Å². The van der Waals surface area contributed by atoms with Gasteiger partial charge in [-0.25, -0.2) is 0 Å². The Morgan fingerprint density at radius 1 is 1.65 bits per heavy atom. The fourth-order valence-electron chi connectivity index (χ4n) is 2.38. The van der Waals surface area contributed by atoms with Crippen LogP contribution in [0.4, 0.5) is 0 Å². The van der Waals surface area contributed by atoms with E-state index in [1.807, 2.05) is 4.90 Å². The summed E-state index contributed by atoms with van der Waals surface area (Å²) in [5, 5.41) is 3.37. The van der Waals surface area contributed by atoms with E-state index < -0.39 is 0 Å². The van der Waals surface area contributed by atoms with Crippen LogP contribution in [0.15, 0.2) is 12.7 Å². The zero-order chi connectivity index (χ0) is 12.7. The van der Waals surface area contributed by atoms with Gasteiger partial charge in [0.15, 0.2) is 0 Å². The Bertz CT molecular complexity index is 260. The SMILES string of the molecule is C=CCN(CCOC)C(=O)C1(CC)CCCN1. The number of hydrogen-bond donors (Lipinski definition) is 1. The predicted octanol–water partition coefficient (Wildman–Crippen LogP) is 1.18. The lowest BCUT2D eigenvalue weighted by Crippen LogP contribution is -2.55. The maximum Gasteiger partial charge on any atom is 0.243 e. The topological polar surface area (TPSA) is 41.6 Å². The monoisotopic (exact) mass is 240 g/mol. The molecule has 0 aliphatic carbocycles. The standard InChI is InChI=1S/C13H24N2O2/c1-4-9-15(10-11-17-3)12(16)13(5-2)7-6-8-14-13/h4,14H,1,5-11H2,2-3H3. The van der Waals surface area contributed by atoms with Crippen molar-refractivity contribution in [2.75, 3.05) is 33.4 Å². The van der Waals surface area contributed by atoms with E-state index >= 15 is 0 Å². The molecule has 0 saturated carbocycles. The molecule has 1 unspecified atom stereocenters. The van der Waals surface area contributed by atoms with Crippen LogP contribution in [-0.2, 0) is 9.53 Å². The molecule has 98 valence electrons. The number of nitrogens with one attached hydrogen (secondary N) is 1. The van der Waals surface area contributed by atoms with Gasteiger partial charge in [-0.3, -0.25) is 4.79 Å². The molecule has 1 amide bonds. The predicted molar refractivity (Wildman–Crippen MR) is 68.9 cm³/mol. The summed E-state index contributed by atoms with van der Waals surface area (Å²) >= 11 is 0. The molecule has 0 radical (unpaired) electrons. The summed E-state index contributed by atoms with van der Waals surface area (Å²) in [6.45, 7) is 8.50.